The van der Waals surface area contributed by atoms with Crippen LogP contribution in [0, 0.1) is 0 Å². The lowest BCUT2D eigenvalue weighted by atomic mass is 10.1. The van der Waals surface area contributed by atoms with E-state index in [9.17, 15) is 4.79 Å². The zero-order chi connectivity index (χ0) is 18.2. The van der Waals surface area contributed by atoms with Crippen molar-refractivity contribution in [1.82, 2.24) is 19.5 Å². The van der Waals surface area contributed by atoms with Gasteiger partial charge in [0, 0.05) is 22.7 Å². The topological polar surface area (TPSA) is 50.5 Å². The molecule has 1 saturated carbocycles. The first-order valence-corrected chi connectivity index (χ1v) is 9.91. The summed E-state index contributed by atoms with van der Waals surface area (Å²) in [7, 11) is 0. The van der Waals surface area contributed by atoms with E-state index in [1.54, 1.807) is 28.2 Å². The van der Waals surface area contributed by atoms with Crippen molar-refractivity contribution in [2.24, 2.45) is 0 Å². The summed E-state index contributed by atoms with van der Waals surface area (Å²) < 4.78 is 1.76. The van der Waals surface area contributed by atoms with Crippen LogP contribution >= 0.6 is 11.3 Å². The molecule has 1 aromatic carbocycles. The van der Waals surface area contributed by atoms with Gasteiger partial charge >= 0.3 is 0 Å². The van der Waals surface area contributed by atoms with Gasteiger partial charge < -0.3 is 4.90 Å². The van der Waals surface area contributed by atoms with E-state index in [1.165, 1.54) is 4.88 Å². The summed E-state index contributed by atoms with van der Waals surface area (Å²) in [6.45, 7) is 0.650. The number of fused-ring (bicyclic) bond motifs is 1. The molecule has 4 aromatic rings. The number of benzene rings is 1. The molecule has 3 aromatic heterocycles. The van der Waals surface area contributed by atoms with Gasteiger partial charge in [-0.15, -0.1) is 11.3 Å². The summed E-state index contributed by atoms with van der Waals surface area (Å²) in [6, 6.07) is 16.4. The molecule has 134 valence electrons. The molecule has 27 heavy (non-hydrogen) atoms. The molecule has 0 bridgehead atoms. The number of amides is 1. The predicted molar refractivity (Wildman–Crippen MR) is 106 cm³/mol. The molecule has 0 saturated heterocycles. The Morgan fingerprint density at radius 3 is 2.74 bits per heavy atom. The summed E-state index contributed by atoms with van der Waals surface area (Å²) in [6.07, 6.45) is 5.54. The Bertz CT molecular complexity index is 1080. The highest BCUT2D eigenvalue weighted by atomic mass is 32.1. The fourth-order valence-electron chi connectivity index (χ4n) is 3.35. The maximum absolute atomic E-state index is 13.3. The highest BCUT2D eigenvalue weighted by molar-refractivity contribution is 7.09. The number of aromatic nitrogens is 3. The van der Waals surface area contributed by atoms with Crippen molar-refractivity contribution in [2.75, 3.05) is 0 Å². The van der Waals surface area contributed by atoms with Crippen LogP contribution in [0.5, 0.6) is 0 Å². The number of hydrogen-bond acceptors (Lipinski definition) is 4. The average molecular weight is 374 g/mol. The second-order valence-corrected chi connectivity index (χ2v) is 7.77. The third-order valence-corrected chi connectivity index (χ3v) is 5.72. The number of hydrogen-bond donors (Lipinski definition) is 0. The molecule has 1 fully saturated rings. The summed E-state index contributed by atoms with van der Waals surface area (Å²) in [5.74, 6) is 0.0126. The van der Waals surface area contributed by atoms with Gasteiger partial charge in [0.15, 0.2) is 5.65 Å². The van der Waals surface area contributed by atoms with E-state index in [2.05, 4.69) is 16.1 Å². The number of thiophene rings is 1. The Hall–Kier alpha value is -2.99. The molecule has 1 aliphatic carbocycles. The predicted octanol–water partition coefficient (Wildman–Crippen LogP) is 4.26. The maximum Gasteiger partial charge on any atom is 0.259 e. The number of carbonyl (C=O) groups excluding carboxylic acids is 1. The van der Waals surface area contributed by atoms with E-state index in [0.717, 1.165) is 24.1 Å². The molecule has 0 unspecified atom stereocenters. The molecule has 0 aliphatic heterocycles. The summed E-state index contributed by atoms with van der Waals surface area (Å²) in [5, 5.41) is 6.53. The van der Waals surface area contributed by atoms with Crippen LogP contribution in [0.15, 0.2) is 66.3 Å². The standard InChI is InChI=1S/C21H18N4OS/c26-21(24(16-8-9-16)14-17-7-4-12-27-17)18-13-23-25-19(10-11-22-20(18)25)15-5-2-1-3-6-15/h1-7,10-13,16H,8-9,14H2. The molecule has 0 atom stereocenters. The number of nitrogens with zero attached hydrogens (tertiary/aromatic N) is 4. The van der Waals surface area contributed by atoms with E-state index < -0.39 is 0 Å². The fourth-order valence-corrected chi connectivity index (χ4v) is 4.05. The maximum atomic E-state index is 13.3. The molecule has 3 heterocycles. The van der Waals surface area contributed by atoms with Crippen molar-refractivity contribution in [3.8, 4) is 11.3 Å². The van der Waals surface area contributed by atoms with Crippen LogP contribution in [0.2, 0.25) is 0 Å². The van der Waals surface area contributed by atoms with Gasteiger partial charge in [-0.05, 0) is 30.4 Å². The van der Waals surface area contributed by atoms with Crippen molar-refractivity contribution in [3.63, 3.8) is 0 Å². The van der Waals surface area contributed by atoms with Crippen molar-refractivity contribution < 1.29 is 4.79 Å². The van der Waals surface area contributed by atoms with E-state index >= 15 is 0 Å². The third kappa shape index (κ3) is 3.02. The SMILES string of the molecule is O=C(c1cnn2c(-c3ccccc3)ccnc12)N(Cc1cccs1)C1CC1. The van der Waals surface area contributed by atoms with Gasteiger partial charge in [0.05, 0.1) is 18.4 Å². The monoisotopic (exact) mass is 374 g/mol. The van der Waals surface area contributed by atoms with E-state index in [4.69, 9.17) is 0 Å². The lowest BCUT2D eigenvalue weighted by Gasteiger charge is -2.21. The first-order chi connectivity index (χ1) is 13.3. The number of rotatable bonds is 5. The molecule has 0 radical (unpaired) electrons. The van der Waals surface area contributed by atoms with Crippen molar-refractivity contribution in [1.29, 1.82) is 0 Å². The highest BCUT2D eigenvalue weighted by Crippen LogP contribution is 2.31. The van der Waals surface area contributed by atoms with Crippen LogP contribution in [0.25, 0.3) is 16.9 Å². The number of carbonyl (C=O) groups is 1. The second-order valence-electron chi connectivity index (χ2n) is 6.73. The lowest BCUT2D eigenvalue weighted by molar-refractivity contribution is 0.0733. The molecule has 6 heteroatoms. The quantitative estimate of drug-likeness (QED) is 0.524. The van der Waals surface area contributed by atoms with Crippen LogP contribution < -0.4 is 0 Å². The second kappa shape index (κ2) is 6.63. The van der Waals surface area contributed by atoms with Crippen molar-refractivity contribution in [3.05, 3.63) is 76.7 Å². The van der Waals surface area contributed by atoms with E-state index in [-0.39, 0.29) is 5.91 Å². The Labute approximate surface area is 160 Å². The first-order valence-electron chi connectivity index (χ1n) is 9.03. The Kier molecular flexibility index (Phi) is 3.98. The normalized spacial score (nSPS) is 13.8. The summed E-state index contributed by atoms with van der Waals surface area (Å²) >= 11 is 1.68. The summed E-state index contributed by atoms with van der Waals surface area (Å²) in [5.41, 5.74) is 3.15. The van der Waals surface area contributed by atoms with Gasteiger partial charge in [0.2, 0.25) is 0 Å². The van der Waals surface area contributed by atoms with Gasteiger partial charge in [-0.3, -0.25) is 4.79 Å². The van der Waals surface area contributed by atoms with Crippen molar-refractivity contribution in [2.45, 2.75) is 25.4 Å². The van der Waals surface area contributed by atoms with Crippen LogP contribution in [0.3, 0.4) is 0 Å². The fraction of sp³-hybridized carbons (Fsp3) is 0.190. The smallest absolute Gasteiger partial charge is 0.259 e. The molecule has 1 aliphatic rings. The molecule has 0 N–H and O–H groups in total. The van der Waals surface area contributed by atoms with E-state index in [0.29, 0.717) is 23.8 Å². The van der Waals surface area contributed by atoms with Crippen LogP contribution in [-0.4, -0.2) is 31.4 Å². The van der Waals surface area contributed by atoms with Gasteiger partial charge in [0.1, 0.15) is 5.56 Å². The Morgan fingerprint density at radius 2 is 2.00 bits per heavy atom. The summed E-state index contributed by atoms with van der Waals surface area (Å²) in [4.78, 5) is 20.9. The zero-order valence-electron chi connectivity index (χ0n) is 14.7. The van der Waals surface area contributed by atoms with Crippen LogP contribution in [0.1, 0.15) is 28.1 Å². The van der Waals surface area contributed by atoms with Gasteiger partial charge in [0.25, 0.3) is 5.91 Å². The van der Waals surface area contributed by atoms with Crippen LogP contribution in [-0.2, 0) is 6.54 Å². The van der Waals surface area contributed by atoms with Gasteiger partial charge in [-0.25, -0.2) is 9.50 Å². The molecule has 5 rings (SSSR count). The molecule has 1 amide bonds. The van der Waals surface area contributed by atoms with Gasteiger partial charge in [-0.2, -0.15) is 5.10 Å². The van der Waals surface area contributed by atoms with Crippen molar-refractivity contribution >= 4 is 22.9 Å². The minimum atomic E-state index is 0.0126. The van der Waals surface area contributed by atoms with E-state index in [1.807, 2.05) is 52.7 Å². The first kappa shape index (κ1) is 16.2. The molecule has 5 nitrogen and oxygen atoms in total. The van der Waals surface area contributed by atoms with Crippen LogP contribution in [0.4, 0.5) is 0 Å². The zero-order valence-corrected chi connectivity index (χ0v) is 15.5. The third-order valence-electron chi connectivity index (χ3n) is 4.86. The highest BCUT2D eigenvalue weighted by Gasteiger charge is 2.34. The van der Waals surface area contributed by atoms with Gasteiger partial charge in [-0.1, -0.05) is 36.4 Å². The Morgan fingerprint density at radius 1 is 1.15 bits per heavy atom. The molecular formula is C21H18N4OS. The minimum Gasteiger partial charge on any atom is -0.330 e. The average Bonchev–Trinajstić information content (AvgIpc) is 3.24. The molecular weight excluding hydrogens is 356 g/mol. The lowest BCUT2D eigenvalue weighted by Crippen LogP contribution is -2.32. The Balaban J connectivity index is 1.54. The largest absolute Gasteiger partial charge is 0.330 e. The molecule has 0 spiro atoms. The minimum absolute atomic E-state index is 0.0126.